The Hall–Kier alpha value is -2.49. The molecule has 1 heterocycles. The number of rotatable bonds is 3. The quantitative estimate of drug-likeness (QED) is 0.880. The third-order valence-electron chi connectivity index (χ3n) is 3.96. The first-order valence-electron chi connectivity index (χ1n) is 7.67. The number of carbonyl (C=O) groups is 1. The maximum Gasteiger partial charge on any atom is 0.271 e. The number of hydrogen-bond acceptors (Lipinski definition) is 3. The van der Waals surface area contributed by atoms with E-state index in [2.05, 4.69) is 15.5 Å². The Kier molecular flexibility index (Phi) is 4.59. The van der Waals surface area contributed by atoms with E-state index in [1.54, 1.807) is 12.1 Å². The lowest BCUT2D eigenvalue weighted by atomic mass is 9.85. The number of hydrazone groups is 1. The first-order valence-corrected chi connectivity index (χ1v) is 7.67. The van der Waals surface area contributed by atoms with Crippen molar-refractivity contribution in [1.82, 2.24) is 10.4 Å². The standard InChI is InChI=1S/C18H19N3O/c22-18(14-8-2-1-3-9-14)21-20-17-12-5-4-10-15(17)16-11-6-7-13-19-16/h1-3,6-9,11,13,15H,4-5,10,12H2,(H,21,22)/b20-17+. The van der Waals surface area contributed by atoms with E-state index >= 15 is 0 Å². The van der Waals surface area contributed by atoms with Gasteiger partial charge in [0.15, 0.2) is 0 Å². The molecular formula is C18H19N3O. The summed E-state index contributed by atoms with van der Waals surface area (Å²) < 4.78 is 0. The Morgan fingerprint density at radius 2 is 1.91 bits per heavy atom. The van der Waals surface area contributed by atoms with Gasteiger partial charge in [-0.3, -0.25) is 9.78 Å². The molecule has 0 bridgehead atoms. The minimum Gasteiger partial charge on any atom is -0.267 e. The van der Waals surface area contributed by atoms with Crippen molar-refractivity contribution >= 4 is 11.6 Å². The lowest BCUT2D eigenvalue weighted by Gasteiger charge is -2.23. The van der Waals surface area contributed by atoms with Crippen LogP contribution in [0.3, 0.4) is 0 Å². The highest BCUT2D eigenvalue weighted by atomic mass is 16.2. The molecule has 1 saturated carbocycles. The van der Waals surface area contributed by atoms with Crippen molar-refractivity contribution in [3.8, 4) is 0 Å². The molecule has 1 atom stereocenters. The fourth-order valence-electron chi connectivity index (χ4n) is 2.81. The maximum atomic E-state index is 12.1. The summed E-state index contributed by atoms with van der Waals surface area (Å²) in [5.74, 6) is 0.0458. The number of aromatic nitrogens is 1. The molecule has 0 saturated heterocycles. The van der Waals surface area contributed by atoms with Crippen LogP contribution in [0.5, 0.6) is 0 Å². The second kappa shape index (κ2) is 6.98. The molecule has 3 rings (SSSR count). The Balaban J connectivity index is 1.75. The van der Waals surface area contributed by atoms with E-state index < -0.39 is 0 Å². The Morgan fingerprint density at radius 1 is 1.09 bits per heavy atom. The van der Waals surface area contributed by atoms with Crippen molar-refractivity contribution in [2.75, 3.05) is 0 Å². The van der Waals surface area contributed by atoms with E-state index in [0.29, 0.717) is 5.56 Å². The second-order valence-electron chi connectivity index (χ2n) is 5.46. The van der Waals surface area contributed by atoms with E-state index in [1.165, 1.54) is 6.42 Å². The Bertz CT molecular complexity index is 653. The van der Waals surface area contributed by atoms with Gasteiger partial charge in [0, 0.05) is 29.1 Å². The van der Waals surface area contributed by atoms with Gasteiger partial charge in [-0.1, -0.05) is 30.7 Å². The molecule has 1 aromatic carbocycles. The lowest BCUT2D eigenvalue weighted by Crippen LogP contribution is -2.25. The summed E-state index contributed by atoms with van der Waals surface area (Å²) in [5.41, 5.74) is 5.37. The SMILES string of the molecule is O=C(N/N=C1\CCCCC1c1ccccn1)c1ccccc1. The van der Waals surface area contributed by atoms with Gasteiger partial charge in [-0.05, 0) is 43.5 Å². The minimum absolute atomic E-state index is 0.168. The van der Waals surface area contributed by atoms with Crippen LogP contribution in [0.2, 0.25) is 0 Å². The summed E-state index contributed by atoms with van der Waals surface area (Å²) >= 11 is 0. The number of nitrogens with zero attached hydrogens (tertiary/aromatic N) is 2. The first-order chi connectivity index (χ1) is 10.8. The van der Waals surface area contributed by atoms with Crippen LogP contribution in [0.15, 0.2) is 59.8 Å². The molecular weight excluding hydrogens is 274 g/mol. The van der Waals surface area contributed by atoms with E-state index in [9.17, 15) is 4.79 Å². The number of hydrogen-bond donors (Lipinski definition) is 1. The zero-order chi connectivity index (χ0) is 15.2. The van der Waals surface area contributed by atoms with Crippen LogP contribution >= 0.6 is 0 Å². The van der Waals surface area contributed by atoms with Gasteiger partial charge in [-0.2, -0.15) is 5.10 Å². The average molecular weight is 293 g/mol. The van der Waals surface area contributed by atoms with Gasteiger partial charge >= 0.3 is 0 Å². The number of nitrogens with one attached hydrogen (secondary N) is 1. The van der Waals surface area contributed by atoms with Crippen molar-refractivity contribution in [2.24, 2.45) is 5.10 Å². The monoisotopic (exact) mass is 293 g/mol. The Labute approximate surface area is 130 Å². The molecule has 112 valence electrons. The summed E-state index contributed by atoms with van der Waals surface area (Å²) in [7, 11) is 0. The van der Waals surface area contributed by atoms with Crippen LogP contribution in [0.1, 0.15) is 47.7 Å². The molecule has 1 aliphatic rings. The fraction of sp³-hybridized carbons (Fsp3) is 0.278. The number of benzene rings is 1. The van der Waals surface area contributed by atoms with Crippen LogP contribution in [-0.2, 0) is 0 Å². The summed E-state index contributed by atoms with van der Waals surface area (Å²) in [6, 6.07) is 15.1. The third kappa shape index (κ3) is 3.39. The van der Waals surface area contributed by atoms with Gasteiger partial charge in [-0.25, -0.2) is 5.43 Å². The summed E-state index contributed by atoms with van der Waals surface area (Å²) in [6.45, 7) is 0. The average Bonchev–Trinajstić information content (AvgIpc) is 2.61. The molecule has 4 nitrogen and oxygen atoms in total. The fourth-order valence-corrected chi connectivity index (χ4v) is 2.81. The van der Waals surface area contributed by atoms with E-state index in [4.69, 9.17) is 0 Å². The second-order valence-corrected chi connectivity index (χ2v) is 5.46. The largest absolute Gasteiger partial charge is 0.271 e. The number of amides is 1. The molecule has 1 unspecified atom stereocenters. The summed E-state index contributed by atoms with van der Waals surface area (Å²) in [4.78, 5) is 16.5. The zero-order valence-corrected chi connectivity index (χ0v) is 12.4. The maximum absolute atomic E-state index is 12.1. The smallest absolute Gasteiger partial charge is 0.267 e. The highest BCUT2D eigenvalue weighted by molar-refractivity contribution is 5.96. The molecule has 1 aliphatic carbocycles. The van der Waals surface area contributed by atoms with E-state index in [1.807, 2.05) is 42.6 Å². The van der Waals surface area contributed by atoms with Crippen LogP contribution in [0, 0.1) is 0 Å². The normalized spacial score (nSPS) is 19.8. The predicted molar refractivity (Wildman–Crippen MR) is 86.8 cm³/mol. The molecule has 1 N–H and O–H groups in total. The molecule has 2 aromatic rings. The Morgan fingerprint density at radius 3 is 2.68 bits per heavy atom. The van der Waals surface area contributed by atoms with E-state index in [-0.39, 0.29) is 11.8 Å². The molecule has 0 spiro atoms. The number of pyridine rings is 1. The molecule has 22 heavy (non-hydrogen) atoms. The van der Waals surface area contributed by atoms with Gasteiger partial charge in [0.2, 0.25) is 0 Å². The highest BCUT2D eigenvalue weighted by Crippen LogP contribution is 2.29. The molecule has 1 aromatic heterocycles. The van der Waals surface area contributed by atoms with Crippen molar-refractivity contribution in [2.45, 2.75) is 31.6 Å². The van der Waals surface area contributed by atoms with Crippen LogP contribution < -0.4 is 5.43 Å². The summed E-state index contributed by atoms with van der Waals surface area (Å²) in [5, 5.41) is 4.39. The third-order valence-corrected chi connectivity index (χ3v) is 3.96. The van der Waals surface area contributed by atoms with Gasteiger partial charge < -0.3 is 0 Å². The first kappa shape index (κ1) is 14.4. The summed E-state index contributed by atoms with van der Waals surface area (Å²) in [6.07, 6.45) is 6.05. The van der Waals surface area contributed by atoms with Gasteiger partial charge in [-0.15, -0.1) is 0 Å². The van der Waals surface area contributed by atoms with Crippen molar-refractivity contribution < 1.29 is 4.79 Å². The molecule has 1 amide bonds. The topological polar surface area (TPSA) is 54.4 Å². The lowest BCUT2D eigenvalue weighted by molar-refractivity contribution is 0.0954. The molecule has 0 radical (unpaired) electrons. The van der Waals surface area contributed by atoms with Crippen molar-refractivity contribution in [1.29, 1.82) is 0 Å². The highest BCUT2D eigenvalue weighted by Gasteiger charge is 2.23. The van der Waals surface area contributed by atoms with Crippen LogP contribution in [0.4, 0.5) is 0 Å². The molecule has 0 aliphatic heterocycles. The van der Waals surface area contributed by atoms with Crippen molar-refractivity contribution in [3.05, 3.63) is 66.0 Å². The van der Waals surface area contributed by atoms with Gasteiger partial charge in [0.05, 0.1) is 0 Å². The molecule has 4 heteroatoms. The predicted octanol–water partition coefficient (Wildman–Crippen LogP) is 3.53. The van der Waals surface area contributed by atoms with Gasteiger partial charge in [0.1, 0.15) is 0 Å². The van der Waals surface area contributed by atoms with Gasteiger partial charge in [0.25, 0.3) is 5.91 Å². The van der Waals surface area contributed by atoms with Crippen molar-refractivity contribution in [3.63, 3.8) is 0 Å². The molecule has 1 fully saturated rings. The van der Waals surface area contributed by atoms with Crippen LogP contribution in [-0.4, -0.2) is 16.6 Å². The van der Waals surface area contributed by atoms with Crippen LogP contribution in [0.25, 0.3) is 0 Å². The number of carbonyl (C=O) groups excluding carboxylic acids is 1. The minimum atomic E-state index is -0.168. The zero-order valence-electron chi connectivity index (χ0n) is 12.4. The van der Waals surface area contributed by atoms with E-state index in [0.717, 1.165) is 30.7 Å².